The second-order valence-corrected chi connectivity index (χ2v) is 2.61. The molecular formula is C7H13BF4N3-. The Morgan fingerprint density at radius 1 is 1.40 bits per heavy atom. The van der Waals surface area contributed by atoms with Gasteiger partial charge in [0, 0.05) is 18.9 Å². The standard InChI is InChI=1S/C7H13N3.BF4/c1-3-8-10-6-5-9(4-2)7-10;2-1(3,4)5/h4-6,8H,2-3,7H2,1H3;/q;-1. The molecule has 0 aromatic rings. The number of hydrogen-bond donors (Lipinski definition) is 1. The van der Waals surface area contributed by atoms with Crippen molar-refractivity contribution in [2.45, 2.75) is 6.92 Å². The van der Waals surface area contributed by atoms with Gasteiger partial charge in [-0.05, 0) is 6.20 Å². The molecule has 0 spiro atoms. The molecule has 0 aromatic carbocycles. The van der Waals surface area contributed by atoms with E-state index in [0.29, 0.717) is 0 Å². The SMILES string of the molecule is C=CN1C=CN(NCC)C1.F[B-](F)(F)F. The van der Waals surface area contributed by atoms with Gasteiger partial charge in [-0.15, -0.1) is 0 Å². The molecule has 0 atom stereocenters. The molecule has 1 aliphatic rings. The molecule has 0 saturated carbocycles. The Morgan fingerprint density at radius 2 is 1.93 bits per heavy atom. The Hall–Kier alpha value is -1.18. The van der Waals surface area contributed by atoms with Crippen LogP contribution < -0.4 is 5.43 Å². The Morgan fingerprint density at radius 3 is 2.27 bits per heavy atom. The van der Waals surface area contributed by atoms with Crippen LogP contribution >= 0.6 is 0 Å². The summed E-state index contributed by atoms with van der Waals surface area (Å²) in [6, 6.07) is 0. The van der Waals surface area contributed by atoms with Crippen molar-refractivity contribution in [3.05, 3.63) is 25.2 Å². The summed E-state index contributed by atoms with van der Waals surface area (Å²) in [5, 5.41) is 2.02. The van der Waals surface area contributed by atoms with Crippen LogP contribution in [0.5, 0.6) is 0 Å². The van der Waals surface area contributed by atoms with Crippen LogP contribution in [0.25, 0.3) is 0 Å². The molecule has 1 aliphatic heterocycles. The highest BCUT2D eigenvalue weighted by molar-refractivity contribution is 6.50. The van der Waals surface area contributed by atoms with Crippen molar-refractivity contribution in [2.24, 2.45) is 0 Å². The monoisotopic (exact) mass is 226 g/mol. The first-order valence-electron chi connectivity index (χ1n) is 4.31. The van der Waals surface area contributed by atoms with Crippen molar-refractivity contribution < 1.29 is 17.3 Å². The first-order chi connectivity index (χ1) is 6.86. The molecule has 15 heavy (non-hydrogen) atoms. The summed E-state index contributed by atoms with van der Waals surface area (Å²) >= 11 is 0. The zero-order valence-electron chi connectivity index (χ0n) is 8.34. The number of halogens is 4. The van der Waals surface area contributed by atoms with E-state index >= 15 is 0 Å². The van der Waals surface area contributed by atoms with Gasteiger partial charge in [0.2, 0.25) is 0 Å². The van der Waals surface area contributed by atoms with E-state index < -0.39 is 7.25 Å². The zero-order valence-corrected chi connectivity index (χ0v) is 8.34. The summed E-state index contributed by atoms with van der Waals surface area (Å²) in [6.07, 6.45) is 5.77. The van der Waals surface area contributed by atoms with Crippen LogP contribution in [0.1, 0.15) is 6.92 Å². The van der Waals surface area contributed by atoms with Crippen LogP contribution in [-0.4, -0.2) is 30.4 Å². The quantitative estimate of drug-likeness (QED) is 0.586. The molecule has 0 radical (unpaired) electrons. The van der Waals surface area contributed by atoms with E-state index in [9.17, 15) is 17.3 Å². The lowest BCUT2D eigenvalue weighted by Crippen LogP contribution is -2.34. The van der Waals surface area contributed by atoms with E-state index in [1.807, 2.05) is 22.3 Å². The Kier molecular flexibility index (Phi) is 5.84. The second-order valence-electron chi connectivity index (χ2n) is 2.61. The van der Waals surface area contributed by atoms with Gasteiger partial charge in [-0.1, -0.05) is 13.5 Å². The minimum atomic E-state index is -6.00. The minimum absolute atomic E-state index is 0.858. The smallest absolute Gasteiger partial charge is 0.418 e. The molecule has 0 aromatic heterocycles. The first kappa shape index (κ1) is 13.8. The van der Waals surface area contributed by atoms with Crippen molar-refractivity contribution in [3.63, 3.8) is 0 Å². The average molecular weight is 226 g/mol. The number of hydrazine groups is 1. The lowest BCUT2D eigenvalue weighted by molar-refractivity contribution is 0.240. The van der Waals surface area contributed by atoms with E-state index in [1.54, 1.807) is 6.20 Å². The van der Waals surface area contributed by atoms with Gasteiger partial charge in [0.05, 0.1) is 0 Å². The number of rotatable bonds is 3. The summed E-state index contributed by atoms with van der Waals surface area (Å²) in [4.78, 5) is 2.00. The van der Waals surface area contributed by atoms with Crippen LogP contribution in [-0.2, 0) is 0 Å². The van der Waals surface area contributed by atoms with Crippen LogP contribution in [0.15, 0.2) is 25.2 Å². The Bertz CT molecular complexity index is 213. The molecule has 88 valence electrons. The van der Waals surface area contributed by atoms with Gasteiger partial charge in [0.1, 0.15) is 6.67 Å². The largest absolute Gasteiger partial charge is 0.673 e. The maximum atomic E-state index is 9.75. The van der Waals surface area contributed by atoms with Gasteiger partial charge in [-0.2, -0.15) is 0 Å². The van der Waals surface area contributed by atoms with Crippen molar-refractivity contribution in [3.8, 4) is 0 Å². The summed E-state index contributed by atoms with van der Waals surface area (Å²) in [7, 11) is -6.00. The fourth-order valence-corrected chi connectivity index (χ4v) is 0.861. The predicted molar refractivity (Wildman–Crippen MR) is 51.7 cm³/mol. The summed E-state index contributed by atoms with van der Waals surface area (Å²) in [5.74, 6) is 0. The van der Waals surface area contributed by atoms with Gasteiger partial charge >= 0.3 is 7.25 Å². The van der Waals surface area contributed by atoms with Crippen molar-refractivity contribution in [1.29, 1.82) is 0 Å². The summed E-state index contributed by atoms with van der Waals surface area (Å²) < 4.78 is 39.0. The highest BCUT2D eigenvalue weighted by atomic mass is 19.5. The van der Waals surface area contributed by atoms with E-state index in [0.717, 1.165) is 13.2 Å². The molecule has 0 fully saturated rings. The first-order valence-corrected chi connectivity index (χ1v) is 4.31. The average Bonchev–Trinajstić information content (AvgIpc) is 2.50. The fourth-order valence-electron chi connectivity index (χ4n) is 0.861. The Labute approximate surface area is 86.1 Å². The molecule has 1 heterocycles. The van der Waals surface area contributed by atoms with Gasteiger partial charge in [0.25, 0.3) is 0 Å². The molecule has 0 saturated heterocycles. The third kappa shape index (κ3) is 9.14. The molecule has 0 amide bonds. The zero-order chi connectivity index (χ0) is 11.9. The lowest BCUT2D eigenvalue weighted by Gasteiger charge is -2.17. The number of nitrogens with one attached hydrogen (secondary N) is 1. The van der Waals surface area contributed by atoms with Crippen LogP contribution in [0.4, 0.5) is 17.3 Å². The molecule has 3 nitrogen and oxygen atoms in total. The number of hydrogen-bond acceptors (Lipinski definition) is 3. The van der Waals surface area contributed by atoms with Crippen LogP contribution in [0.2, 0.25) is 0 Å². The van der Waals surface area contributed by atoms with E-state index in [1.165, 1.54) is 0 Å². The van der Waals surface area contributed by atoms with Crippen molar-refractivity contribution >= 4 is 7.25 Å². The predicted octanol–water partition coefficient (Wildman–Crippen LogP) is 2.00. The highest BCUT2D eigenvalue weighted by Crippen LogP contribution is 2.06. The van der Waals surface area contributed by atoms with Gasteiger partial charge in [-0.3, -0.25) is 5.01 Å². The molecule has 0 aliphatic carbocycles. The second kappa shape index (κ2) is 6.33. The van der Waals surface area contributed by atoms with Gasteiger partial charge < -0.3 is 22.2 Å². The van der Waals surface area contributed by atoms with Gasteiger partial charge in [-0.25, -0.2) is 5.43 Å². The molecule has 0 bridgehead atoms. The van der Waals surface area contributed by atoms with Crippen LogP contribution in [0, 0.1) is 0 Å². The van der Waals surface area contributed by atoms with Crippen molar-refractivity contribution in [2.75, 3.05) is 13.2 Å². The molecule has 0 unspecified atom stereocenters. The molecular weight excluding hydrogens is 213 g/mol. The summed E-state index contributed by atoms with van der Waals surface area (Å²) in [6.45, 7) is 7.54. The van der Waals surface area contributed by atoms with Crippen LogP contribution in [0.3, 0.4) is 0 Å². The molecule has 1 rings (SSSR count). The third-order valence-electron chi connectivity index (χ3n) is 1.35. The lowest BCUT2D eigenvalue weighted by atomic mass is 10.3. The maximum absolute atomic E-state index is 9.75. The fraction of sp³-hybridized carbons (Fsp3) is 0.429. The molecule has 8 heteroatoms. The molecule has 1 N–H and O–H groups in total. The van der Waals surface area contributed by atoms with Gasteiger partial charge in [0.15, 0.2) is 0 Å². The maximum Gasteiger partial charge on any atom is 0.673 e. The minimum Gasteiger partial charge on any atom is -0.418 e. The third-order valence-corrected chi connectivity index (χ3v) is 1.35. The van der Waals surface area contributed by atoms with E-state index in [-0.39, 0.29) is 0 Å². The highest BCUT2D eigenvalue weighted by Gasteiger charge is 2.20. The van der Waals surface area contributed by atoms with Crippen molar-refractivity contribution in [1.82, 2.24) is 15.3 Å². The topological polar surface area (TPSA) is 18.5 Å². The Balaban J connectivity index is 0.000000336. The van der Waals surface area contributed by atoms with E-state index in [4.69, 9.17) is 0 Å². The van der Waals surface area contributed by atoms with E-state index in [2.05, 4.69) is 18.9 Å². The summed E-state index contributed by atoms with van der Waals surface area (Å²) in [5.41, 5.74) is 3.17. The normalized spacial score (nSPS) is 15.0. The number of nitrogens with zero attached hydrogens (tertiary/aromatic N) is 2.